The van der Waals surface area contributed by atoms with E-state index in [0.717, 1.165) is 6.08 Å². The number of ether oxygens (including phenoxy) is 4. The number of methoxy groups -OCH3 is 1. The molecule has 2 atom stereocenters. The SMILES string of the molecule is COc1ccc([C@@H](OC(=O)Nc2ccc3c(c2)OCO3)[C@H](C)/C=C/C(=O)NO)cc1O. The van der Waals surface area contributed by atoms with Crippen LogP contribution in [0.15, 0.2) is 48.6 Å². The normalized spacial score (nSPS) is 14.0. The Bertz CT molecular complexity index is 991. The molecule has 0 saturated heterocycles. The third kappa shape index (κ3) is 5.37. The summed E-state index contributed by atoms with van der Waals surface area (Å²) in [5, 5.41) is 21.4. The quantitative estimate of drug-likeness (QED) is 0.299. The van der Waals surface area contributed by atoms with Crippen LogP contribution in [0.2, 0.25) is 0 Å². The van der Waals surface area contributed by atoms with E-state index in [0.29, 0.717) is 22.7 Å². The monoisotopic (exact) mass is 430 g/mol. The third-order valence-electron chi connectivity index (χ3n) is 4.52. The first-order chi connectivity index (χ1) is 14.9. The summed E-state index contributed by atoms with van der Waals surface area (Å²) in [6.07, 6.45) is 0.950. The fourth-order valence-corrected chi connectivity index (χ4v) is 2.98. The largest absolute Gasteiger partial charge is 0.504 e. The molecular formula is C21H22N2O8. The molecule has 10 heteroatoms. The molecular weight excluding hydrogens is 408 g/mol. The fraction of sp³-hybridized carbons (Fsp3) is 0.238. The highest BCUT2D eigenvalue weighted by Crippen LogP contribution is 2.36. The summed E-state index contributed by atoms with van der Waals surface area (Å²) in [4.78, 5) is 23.9. The van der Waals surface area contributed by atoms with Crippen molar-refractivity contribution in [2.45, 2.75) is 13.0 Å². The van der Waals surface area contributed by atoms with Crippen LogP contribution in [0.3, 0.4) is 0 Å². The number of benzene rings is 2. The molecule has 0 saturated carbocycles. The Morgan fingerprint density at radius 3 is 2.65 bits per heavy atom. The summed E-state index contributed by atoms with van der Waals surface area (Å²) in [7, 11) is 1.42. The molecule has 1 heterocycles. The lowest BCUT2D eigenvalue weighted by Gasteiger charge is -2.23. The molecule has 164 valence electrons. The van der Waals surface area contributed by atoms with Crippen molar-refractivity contribution in [2.24, 2.45) is 5.92 Å². The number of nitrogens with one attached hydrogen (secondary N) is 2. The Balaban J connectivity index is 1.79. The molecule has 2 aromatic carbocycles. The first-order valence-corrected chi connectivity index (χ1v) is 9.27. The van der Waals surface area contributed by atoms with Crippen LogP contribution in [0.1, 0.15) is 18.6 Å². The van der Waals surface area contributed by atoms with E-state index in [9.17, 15) is 14.7 Å². The highest BCUT2D eigenvalue weighted by molar-refractivity contribution is 5.86. The zero-order valence-electron chi connectivity index (χ0n) is 16.8. The summed E-state index contributed by atoms with van der Waals surface area (Å²) in [6, 6.07) is 9.48. The van der Waals surface area contributed by atoms with Crippen LogP contribution in [0.25, 0.3) is 0 Å². The van der Waals surface area contributed by atoms with Crippen molar-refractivity contribution in [1.29, 1.82) is 0 Å². The van der Waals surface area contributed by atoms with Gasteiger partial charge in [-0.2, -0.15) is 0 Å². The van der Waals surface area contributed by atoms with Gasteiger partial charge in [0.25, 0.3) is 5.91 Å². The predicted octanol–water partition coefficient (Wildman–Crippen LogP) is 3.12. The van der Waals surface area contributed by atoms with Gasteiger partial charge >= 0.3 is 6.09 Å². The van der Waals surface area contributed by atoms with Gasteiger partial charge in [-0.05, 0) is 29.8 Å². The molecule has 31 heavy (non-hydrogen) atoms. The Kier molecular flexibility index (Phi) is 6.83. The van der Waals surface area contributed by atoms with Crippen molar-refractivity contribution in [1.82, 2.24) is 5.48 Å². The maximum absolute atomic E-state index is 12.6. The average molecular weight is 430 g/mol. The standard InChI is InChI=1S/C21H22N2O8/c1-12(3-8-19(25)23-27)20(13-4-6-16(28-2)15(24)9-13)31-21(26)22-14-5-7-17-18(10-14)30-11-29-17/h3-10,12,20,24,27H,11H2,1-2H3,(H,22,26)(H,23,25)/b8-3+/t12-,20+/m1/s1. The van der Waals surface area contributed by atoms with Gasteiger partial charge in [0.15, 0.2) is 23.0 Å². The van der Waals surface area contributed by atoms with E-state index in [4.69, 9.17) is 24.2 Å². The Morgan fingerprint density at radius 1 is 1.16 bits per heavy atom. The first-order valence-electron chi connectivity index (χ1n) is 9.27. The lowest BCUT2D eigenvalue weighted by atomic mass is 9.96. The number of hydroxylamine groups is 1. The van der Waals surface area contributed by atoms with Gasteiger partial charge in [-0.3, -0.25) is 15.3 Å². The van der Waals surface area contributed by atoms with Crippen LogP contribution in [-0.4, -0.2) is 36.2 Å². The number of amides is 2. The molecule has 0 bridgehead atoms. The number of anilines is 1. The lowest BCUT2D eigenvalue weighted by Crippen LogP contribution is -2.22. The van der Waals surface area contributed by atoms with E-state index >= 15 is 0 Å². The highest BCUT2D eigenvalue weighted by Gasteiger charge is 2.24. The maximum Gasteiger partial charge on any atom is 0.412 e. The van der Waals surface area contributed by atoms with Crippen LogP contribution >= 0.6 is 0 Å². The molecule has 0 radical (unpaired) electrons. The number of phenols is 1. The van der Waals surface area contributed by atoms with Gasteiger partial charge in [0, 0.05) is 23.7 Å². The van der Waals surface area contributed by atoms with E-state index in [-0.39, 0.29) is 18.3 Å². The molecule has 0 fully saturated rings. The van der Waals surface area contributed by atoms with Gasteiger partial charge in [-0.15, -0.1) is 0 Å². The third-order valence-corrected chi connectivity index (χ3v) is 4.52. The van der Waals surface area contributed by atoms with Crippen LogP contribution in [0.4, 0.5) is 10.5 Å². The summed E-state index contributed by atoms with van der Waals surface area (Å²) in [6.45, 7) is 1.82. The second-order valence-corrected chi connectivity index (χ2v) is 6.64. The van der Waals surface area contributed by atoms with Crippen molar-refractivity contribution in [3.8, 4) is 23.0 Å². The second-order valence-electron chi connectivity index (χ2n) is 6.64. The molecule has 0 aromatic heterocycles. The van der Waals surface area contributed by atoms with E-state index in [2.05, 4.69) is 5.32 Å². The number of hydrogen-bond donors (Lipinski definition) is 4. The van der Waals surface area contributed by atoms with Crippen LogP contribution < -0.4 is 25.0 Å². The number of hydrogen-bond acceptors (Lipinski definition) is 8. The number of fused-ring (bicyclic) bond motifs is 1. The zero-order valence-corrected chi connectivity index (χ0v) is 16.8. The number of phenolic OH excluding ortho intramolecular Hbond substituents is 1. The molecule has 0 spiro atoms. The minimum atomic E-state index is -0.867. The smallest absolute Gasteiger partial charge is 0.412 e. The predicted molar refractivity (Wildman–Crippen MR) is 108 cm³/mol. The lowest BCUT2D eigenvalue weighted by molar-refractivity contribution is -0.124. The molecule has 1 aliphatic rings. The van der Waals surface area contributed by atoms with Crippen LogP contribution in [0.5, 0.6) is 23.0 Å². The van der Waals surface area contributed by atoms with Crippen molar-refractivity contribution >= 4 is 17.7 Å². The van der Waals surface area contributed by atoms with E-state index in [1.54, 1.807) is 31.2 Å². The van der Waals surface area contributed by atoms with Gasteiger partial charge in [-0.1, -0.05) is 19.1 Å². The summed E-state index contributed by atoms with van der Waals surface area (Å²) in [5.74, 6) is -0.0167. The minimum absolute atomic E-state index is 0.109. The molecule has 1 aliphatic heterocycles. The molecule has 2 amide bonds. The number of carbonyl (C=O) groups excluding carboxylic acids is 2. The fourth-order valence-electron chi connectivity index (χ4n) is 2.98. The van der Waals surface area contributed by atoms with E-state index < -0.39 is 24.0 Å². The van der Waals surface area contributed by atoms with Crippen molar-refractivity contribution in [2.75, 3.05) is 19.2 Å². The Labute approximate surface area is 177 Å². The van der Waals surface area contributed by atoms with Crippen molar-refractivity contribution in [3.05, 3.63) is 54.1 Å². The highest BCUT2D eigenvalue weighted by atomic mass is 16.7. The molecule has 4 N–H and O–H groups in total. The van der Waals surface area contributed by atoms with Gasteiger partial charge in [0.1, 0.15) is 6.10 Å². The Morgan fingerprint density at radius 2 is 1.94 bits per heavy atom. The van der Waals surface area contributed by atoms with E-state index in [1.165, 1.54) is 30.8 Å². The van der Waals surface area contributed by atoms with Crippen molar-refractivity contribution < 1.29 is 38.9 Å². The molecule has 3 rings (SSSR count). The first kappa shape index (κ1) is 21.8. The zero-order chi connectivity index (χ0) is 22.4. The summed E-state index contributed by atoms with van der Waals surface area (Å²) < 4.78 is 21.2. The van der Waals surface area contributed by atoms with Gasteiger partial charge in [0.05, 0.1) is 7.11 Å². The summed E-state index contributed by atoms with van der Waals surface area (Å²) >= 11 is 0. The second kappa shape index (κ2) is 9.72. The van der Waals surface area contributed by atoms with Gasteiger partial charge in [-0.25, -0.2) is 10.3 Å². The molecule has 0 aliphatic carbocycles. The molecule has 10 nitrogen and oxygen atoms in total. The Hall–Kier alpha value is -3.92. The summed E-state index contributed by atoms with van der Waals surface area (Å²) in [5.41, 5.74) is 2.40. The van der Waals surface area contributed by atoms with Crippen LogP contribution in [0, 0.1) is 5.92 Å². The van der Waals surface area contributed by atoms with Gasteiger partial charge < -0.3 is 24.1 Å². The average Bonchev–Trinajstić information content (AvgIpc) is 3.23. The molecule has 2 aromatic rings. The number of rotatable bonds is 7. The topological polar surface area (TPSA) is 136 Å². The molecule has 0 unspecified atom stereocenters. The maximum atomic E-state index is 12.6. The number of aromatic hydroxyl groups is 1. The van der Waals surface area contributed by atoms with E-state index in [1.807, 2.05) is 0 Å². The number of carbonyl (C=O) groups is 2. The van der Waals surface area contributed by atoms with Gasteiger partial charge in [0.2, 0.25) is 6.79 Å². The van der Waals surface area contributed by atoms with Crippen LogP contribution in [-0.2, 0) is 9.53 Å². The van der Waals surface area contributed by atoms with Crippen molar-refractivity contribution in [3.63, 3.8) is 0 Å². The minimum Gasteiger partial charge on any atom is -0.504 e.